The average molecular weight is 346 g/mol. The van der Waals surface area contributed by atoms with Crippen LogP contribution in [0, 0.1) is 0 Å². The molecule has 0 unspecified atom stereocenters. The van der Waals surface area contributed by atoms with E-state index in [0.717, 1.165) is 0 Å². The highest BCUT2D eigenvalue weighted by Gasteiger charge is 2.41. The van der Waals surface area contributed by atoms with E-state index in [1.165, 1.54) is 49.9 Å². The van der Waals surface area contributed by atoms with Gasteiger partial charge in [-0.1, -0.05) is 60.7 Å². The molecular weight excluding hydrogens is 327 g/mol. The molecule has 4 aromatic carbocycles. The lowest BCUT2D eigenvalue weighted by Gasteiger charge is -2.42. The number of rotatable bonds is 0. The van der Waals surface area contributed by atoms with E-state index in [0.29, 0.717) is 0 Å². The molecule has 2 aliphatic heterocycles. The third kappa shape index (κ3) is 1.81. The monoisotopic (exact) mass is 346 g/mol. The summed E-state index contributed by atoms with van der Waals surface area (Å²) in [7, 11) is 4.40. The molecule has 27 heavy (non-hydrogen) atoms. The number of fused-ring (bicyclic) bond motifs is 6. The van der Waals surface area contributed by atoms with E-state index >= 15 is 0 Å². The average Bonchev–Trinajstić information content (AvgIpc) is 2.72. The first-order valence-corrected chi connectivity index (χ1v) is 9.46. The van der Waals surface area contributed by atoms with Crippen molar-refractivity contribution in [3.63, 3.8) is 0 Å². The van der Waals surface area contributed by atoms with Gasteiger partial charge in [-0.15, -0.1) is 0 Å². The summed E-state index contributed by atoms with van der Waals surface area (Å²) >= 11 is 0. The van der Waals surface area contributed by atoms with Crippen LogP contribution in [0.15, 0.2) is 78.9 Å². The molecule has 0 radical (unpaired) electrons. The lowest BCUT2D eigenvalue weighted by Crippen LogP contribution is -2.61. The van der Waals surface area contributed by atoms with Crippen LogP contribution in [0.2, 0.25) is 0 Å². The number of hydrogen-bond acceptors (Lipinski definition) is 2. The smallest absolute Gasteiger partial charge is 0.252 e. The van der Waals surface area contributed by atoms with E-state index in [1.807, 2.05) is 0 Å². The SMILES string of the molecule is CN1c2ccccc2B2c3ccccc3N(C)c3c2c1cc1ccccc31. The number of nitrogens with zero attached hydrogens (tertiary/aromatic N) is 2. The van der Waals surface area contributed by atoms with Crippen molar-refractivity contribution in [1.82, 2.24) is 0 Å². The van der Waals surface area contributed by atoms with Gasteiger partial charge in [-0.3, -0.25) is 0 Å². The maximum atomic E-state index is 2.38. The fourth-order valence-electron chi connectivity index (χ4n) is 5.06. The summed E-state index contributed by atoms with van der Waals surface area (Å²) in [5, 5.41) is 2.62. The third-order valence-electron chi connectivity index (χ3n) is 6.24. The van der Waals surface area contributed by atoms with Gasteiger partial charge in [-0.05, 0) is 40.0 Å². The van der Waals surface area contributed by atoms with Crippen molar-refractivity contribution < 1.29 is 0 Å². The molecule has 3 heteroatoms. The maximum Gasteiger partial charge on any atom is 0.252 e. The Balaban J connectivity index is 1.82. The van der Waals surface area contributed by atoms with Gasteiger partial charge in [0.05, 0.1) is 0 Å². The van der Waals surface area contributed by atoms with Crippen molar-refractivity contribution in [2.75, 3.05) is 23.9 Å². The van der Waals surface area contributed by atoms with Crippen molar-refractivity contribution >= 4 is 56.6 Å². The Kier molecular flexibility index (Phi) is 2.86. The Morgan fingerprint density at radius 3 is 1.96 bits per heavy atom. The lowest BCUT2D eigenvalue weighted by molar-refractivity contribution is 1.19. The molecular formula is C24H19BN2. The highest BCUT2D eigenvalue weighted by Crippen LogP contribution is 2.40. The second-order valence-corrected chi connectivity index (χ2v) is 7.55. The Morgan fingerprint density at radius 2 is 1.22 bits per heavy atom. The minimum absolute atomic E-state index is 0.277. The fourth-order valence-corrected chi connectivity index (χ4v) is 5.06. The van der Waals surface area contributed by atoms with Crippen LogP contribution in [0.25, 0.3) is 10.8 Å². The summed E-state index contributed by atoms with van der Waals surface area (Å²) < 4.78 is 0. The lowest BCUT2D eigenvalue weighted by atomic mass is 9.33. The molecule has 6 rings (SSSR count). The topological polar surface area (TPSA) is 6.48 Å². The molecule has 0 fully saturated rings. The van der Waals surface area contributed by atoms with Gasteiger partial charge < -0.3 is 9.80 Å². The van der Waals surface area contributed by atoms with Crippen LogP contribution in [0.4, 0.5) is 22.7 Å². The molecule has 0 saturated carbocycles. The summed E-state index contributed by atoms with van der Waals surface area (Å²) in [6.45, 7) is 0.277. The minimum Gasteiger partial charge on any atom is -0.345 e. The van der Waals surface area contributed by atoms with Gasteiger partial charge in [0.2, 0.25) is 0 Å². The van der Waals surface area contributed by atoms with Crippen LogP contribution in [-0.2, 0) is 0 Å². The molecule has 4 aromatic rings. The Morgan fingerprint density at radius 1 is 0.630 bits per heavy atom. The Bertz CT molecular complexity index is 1220. The second-order valence-electron chi connectivity index (χ2n) is 7.55. The Hall–Kier alpha value is -3.20. The first kappa shape index (κ1) is 14.9. The van der Waals surface area contributed by atoms with E-state index in [9.17, 15) is 0 Å². The van der Waals surface area contributed by atoms with Gasteiger partial charge in [0.25, 0.3) is 6.71 Å². The molecule has 0 atom stereocenters. The Labute approximate surface area is 159 Å². The molecule has 0 aromatic heterocycles. The van der Waals surface area contributed by atoms with Crippen molar-refractivity contribution in [2.45, 2.75) is 0 Å². The van der Waals surface area contributed by atoms with E-state index in [-0.39, 0.29) is 6.71 Å². The fraction of sp³-hybridized carbons (Fsp3) is 0.0833. The van der Waals surface area contributed by atoms with Crippen LogP contribution in [0.5, 0.6) is 0 Å². The molecule has 0 bridgehead atoms. The van der Waals surface area contributed by atoms with Gasteiger partial charge in [0.15, 0.2) is 0 Å². The zero-order chi connectivity index (χ0) is 18.1. The van der Waals surface area contributed by atoms with Crippen molar-refractivity contribution in [3.05, 3.63) is 78.9 Å². The number of benzene rings is 4. The normalized spacial score (nSPS) is 14.1. The summed E-state index contributed by atoms with van der Waals surface area (Å²) in [5.41, 5.74) is 9.47. The molecule has 128 valence electrons. The van der Waals surface area contributed by atoms with Gasteiger partial charge in [-0.25, -0.2) is 0 Å². The highest BCUT2D eigenvalue weighted by molar-refractivity contribution is 7.00. The van der Waals surface area contributed by atoms with Gasteiger partial charge in [0, 0.05) is 42.2 Å². The quantitative estimate of drug-likeness (QED) is 0.450. The summed E-state index contributed by atoms with van der Waals surface area (Å²) in [6, 6.07) is 28.8. The molecule has 0 aliphatic carbocycles. The van der Waals surface area contributed by atoms with Crippen molar-refractivity contribution in [3.8, 4) is 0 Å². The maximum absolute atomic E-state index is 2.38. The predicted molar refractivity (Wildman–Crippen MR) is 118 cm³/mol. The summed E-state index contributed by atoms with van der Waals surface area (Å²) in [4.78, 5) is 4.74. The predicted octanol–water partition coefficient (Wildman–Crippen LogP) is 3.52. The zero-order valence-corrected chi connectivity index (χ0v) is 15.5. The molecule has 2 aliphatic rings. The first-order valence-electron chi connectivity index (χ1n) is 9.46. The number of anilines is 4. The number of hydrogen-bond donors (Lipinski definition) is 0. The zero-order valence-electron chi connectivity index (χ0n) is 15.5. The van der Waals surface area contributed by atoms with E-state index < -0.39 is 0 Å². The third-order valence-corrected chi connectivity index (χ3v) is 6.24. The van der Waals surface area contributed by atoms with Crippen LogP contribution in [0.3, 0.4) is 0 Å². The molecule has 0 N–H and O–H groups in total. The summed E-state index contributed by atoms with van der Waals surface area (Å²) in [5.74, 6) is 0. The van der Waals surface area contributed by atoms with Crippen LogP contribution >= 0.6 is 0 Å². The first-order chi connectivity index (χ1) is 13.3. The highest BCUT2D eigenvalue weighted by atomic mass is 15.1. The molecule has 2 heterocycles. The van der Waals surface area contributed by atoms with Crippen LogP contribution < -0.4 is 26.2 Å². The van der Waals surface area contributed by atoms with Gasteiger partial charge >= 0.3 is 0 Å². The molecule has 0 amide bonds. The molecule has 2 nitrogen and oxygen atoms in total. The summed E-state index contributed by atoms with van der Waals surface area (Å²) in [6.07, 6.45) is 0. The largest absolute Gasteiger partial charge is 0.345 e. The second kappa shape index (κ2) is 5.17. The van der Waals surface area contributed by atoms with Crippen molar-refractivity contribution in [1.29, 1.82) is 0 Å². The molecule has 0 saturated heterocycles. The minimum atomic E-state index is 0.277. The number of para-hydroxylation sites is 2. The van der Waals surface area contributed by atoms with E-state index in [4.69, 9.17) is 0 Å². The van der Waals surface area contributed by atoms with Gasteiger partial charge in [-0.2, -0.15) is 0 Å². The standard InChI is InChI=1S/C24H19BN2/c1-26-20-13-7-5-11-18(20)25-19-12-6-8-14-21(19)27(2)24-17-10-4-3-9-16(17)15-22(26)23(24)25/h3-15H,1-2H3. The van der Waals surface area contributed by atoms with Crippen molar-refractivity contribution in [2.24, 2.45) is 0 Å². The van der Waals surface area contributed by atoms with Crippen LogP contribution in [0.1, 0.15) is 0 Å². The van der Waals surface area contributed by atoms with Crippen LogP contribution in [-0.4, -0.2) is 20.8 Å². The van der Waals surface area contributed by atoms with E-state index in [1.54, 1.807) is 0 Å². The van der Waals surface area contributed by atoms with Gasteiger partial charge in [0.1, 0.15) is 0 Å². The van der Waals surface area contributed by atoms with E-state index in [2.05, 4.69) is 103 Å². The molecule has 0 spiro atoms.